The topological polar surface area (TPSA) is 33.1 Å². The van der Waals surface area contributed by atoms with Gasteiger partial charge in [-0.25, -0.2) is 0 Å². The van der Waals surface area contributed by atoms with Crippen LogP contribution >= 0.6 is 0 Å². The fraction of sp³-hybridized carbons (Fsp3) is 0.737. The number of aromatic nitrogens is 1. The van der Waals surface area contributed by atoms with Crippen LogP contribution in [0.15, 0.2) is 24.5 Å². The fourth-order valence-electron chi connectivity index (χ4n) is 2.78. The minimum atomic E-state index is -0.728. The summed E-state index contributed by atoms with van der Waals surface area (Å²) in [6.45, 7) is 4.16. The normalized spacial score (nSPS) is 14.0. The summed E-state index contributed by atoms with van der Waals surface area (Å²) >= 11 is 0. The molecule has 1 aromatic heterocycles. The minimum absolute atomic E-state index is 0.728. The molecule has 0 bridgehead atoms. The molecular formula is C19H33NO. The molecular weight excluding hydrogens is 258 g/mol. The highest BCUT2D eigenvalue weighted by atomic mass is 16.3. The van der Waals surface area contributed by atoms with Crippen LogP contribution in [0, 0.1) is 0 Å². The van der Waals surface area contributed by atoms with E-state index in [1.807, 2.05) is 19.1 Å². The van der Waals surface area contributed by atoms with Gasteiger partial charge in [0.25, 0.3) is 0 Å². The summed E-state index contributed by atoms with van der Waals surface area (Å²) < 4.78 is 0. The molecule has 0 aliphatic carbocycles. The lowest BCUT2D eigenvalue weighted by Gasteiger charge is -2.23. The van der Waals surface area contributed by atoms with Crippen LogP contribution in [0.2, 0.25) is 0 Å². The van der Waals surface area contributed by atoms with Crippen molar-refractivity contribution < 1.29 is 5.11 Å². The highest BCUT2D eigenvalue weighted by Crippen LogP contribution is 2.26. The average Bonchev–Trinajstić information content (AvgIpc) is 2.50. The zero-order valence-electron chi connectivity index (χ0n) is 14.0. The van der Waals surface area contributed by atoms with E-state index in [9.17, 15) is 5.11 Å². The van der Waals surface area contributed by atoms with Gasteiger partial charge >= 0.3 is 0 Å². The van der Waals surface area contributed by atoms with Gasteiger partial charge in [-0.3, -0.25) is 4.98 Å². The number of hydrogen-bond donors (Lipinski definition) is 1. The number of aliphatic hydroxyl groups is 1. The summed E-state index contributed by atoms with van der Waals surface area (Å²) in [7, 11) is 0. The van der Waals surface area contributed by atoms with Crippen LogP contribution < -0.4 is 0 Å². The molecule has 0 aliphatic rings. The van der Waals surface area contributed by atoms with Gasteiger partial charge < -0.3 is 5.11 Å². The molecule has 1 aromatic rings. The molecule has 1 atom stereocenters. The fourth-order valence-corrected chi connectivity index (χ4v) is 2.78. The van der Waals surface area contributed by atoms with Crippen molar-refractivity contribution in [1.29, 1.82) is 0 Å². The van der Waals surface area contributed by atoms with Crippen LogP contribution in [0.1, 0.15) is 90.0 Å². The number of rotatable bonds is 12. The third kappa shape index (κ3) is 8.21. The van der Waals surface area contributed by atoms with E-state index < -0.39 is 5.60 Å². The lowest BCUT2D eigenvalue weighted by atomic mass is 9.91. The molecule has 21 heavy (non-hydrogen) atoms. The van der Waals surface area contributed by atoms with Crippen LogP contribution in [0.5, 0.6) is 0 Å². The number of hydrogen-bond acceptors (Lipinski definition) is 2. The van der Waals surface area contributed by atoms with Crippen molar-refractivity contribution in [1.82, 2.24) is 4.98 Å². The van der Waals surface area contributed by atoms with Crippen molar-refractivity contribution in [2.75, 3.05) is 0 Å². The van der Waals surface area contributed by atoms with E-state index in [0.717, 1.165) is 18.4 Å². The van der Waals surface area contributed by atoms with Crippen molar-refractivity contribution in [3.63, 3.8) is 0 Å². The van der Waals surface area contributed by atoms with Crippen LogP contribution in [0.3, 0.4) is 0 Å². The van der Waals surface area contributed by atoms with Crippen LogP contribution in [0.4, 0.5) is 0 Å². The Morgan fingerprint density at radius 3 is 2.05 bits per heavy atom. The molecule has 2 nitrogen and oxygen atoms in total. The first-order valence-corrected chi connectivity index (χ1v) is 8.79. The molecule has 0 fully saturated rings. The highest BCUT2D eigenvalue weighted by molar-refractivity contribution is 5.16. The molecule has 0 aliphatic heterocycles. The van der Waals surface area contributed by atoms with E-state index in [2.05, 4.69) is 11.9 Å². The molecule has 0 amide bonds. The Kier molecular flexibility index (Phi) is 9.32. The lowest BCUT2D eigenvalue weighted by Crippen LogP contribution is -2.21. The van der Waals surface area contributed by atoms with E-state index in [1.165, 1.54) is 57.8 Å². The third-order valence-electron chi connectivity index (χ3n) is 4.30. The molecule has 1 rings (SSSR count). The Morgan fingerprint density at radius 1 is 0.952 bits per heavy atom. The second kappa shape index (κ2) is 10.8. The number of nitrogens with zero attached hydrogens (tertiary/aromatic N) is 1. The lowest BCUT2D eigenvalue weighted by molar-refractivity contribution is 0.0445. The second-order valence-corrected chi connectivity index (χ2v) is 6.45. The number of unbranched alkanes of at least 4 members (excludes halogenated alkanes) is 9. The molecule has 2 heteroatoms. The Bertz CT molecular complexity index is 348. The molecule has 0 saturated carbocycles. The van der Waals surface area contributed by atoms with Crippen molar-refractivity contribution >= 4 is 0 Å². The smallest absolute Gasteiger partial charge is 0.0883 e. The van der Waals surface area contributed by atoms with Crippen molar-refractivity contribution in [3.8, 4) is 0 Å². The molecule has 0 aromatic carbocycles. The largest absolute Gasteiger partial charge is 0.385 e. The summed E-state index contributed by atoms with van der Waals surface area (Å²) in [5, 5.41) is 10.5. The van der Waals surface area contributed by atoms with E-state index in [4.69, 9.17) is 0 Å². The maximum Gasteiger partial charge on any atom is 0.0883 e. The summed E-state index contributed by atoms with van der Waals surface area (Å²) in [4.78, 5) is 4.09. The molecule has 1 unspecified atom stereocenters. The maximum absolute atomic E-state index is 10.5. The molecule has 120 valence electrons. The minimum Gasteiger partial charge on any atom is -0.385 e. The zero-order valence-corrected chi connectivity index (χ0v) is 14.0. The molecule has 0 saturated heterocycles. The zero-order chi connectivity index (χ0) is 15.4. The van der Waals surface area contributed by atoms with E-state index in [0.29, 0.717) is 0 Å². The van der Waals surface area contributed by atoms with Gasteiger partial charge in [-0.05, 0) is 19.4 Å². The second-order valence-electron chi connectivity index (χ2n) is 6.45. The van der Waals surface area contributed by atoms with Gasteiger partial charge in [0.05, 0.1) is 5.60 Å². The summed E-state index contributed by atoms with van der Waals surface area (Å²) in [6.07, 6.45) is 17.6. The van der Waals surface area contributed by atoms with Crippen LogP contribution in [-0.2, 0) is 5.60 Å². The first-order chi connectivity index (χ1) is 10.2. The van der Waals surface area contributed by atoms with Crippen LogP contribution in [0.25, 0.3) is 0 Å². The quantitative estimate of drug-likeness (QED) is 0.508. The predicted octanol–water partition coefficient (Wildman–Crippen LogP) is 5.60. The van der Waals surface area contributed by atoms with Gasteiger partial charge in [-0.15, -0.1) is 0 Å². The molecule has 0 spiro atoms. The molecule has 0 radical (unpaired) electrons. The monoisotopic (exact) mass is 291 g/mol. The van der Waals surface area contributed by atoms with E-state index in [1.54, 1.807) is 12.4 Å². The maximum atomic E-state index is 10.5. The summed E-state index contributed by atoms with van der Waals surface area (Å²) in [6, 6.07) is 3.85. The standard InChI is InChI=1S/C19H33NO/c1-3-4-5-6-7-8-9-10-11-12-15-19(2,21)18-14-13-16-20-17-18/h13-14,16-17,21H,3-12,15H2,1-2H3. The van der Waals surface area contributed by atoms with Gasteiger partial charge in [0.2, 0.25) is 0 Å². The third-order valence-corrected chi connectivity index (χ3v) is 4.30. The Balaban J connectivity index is 2.01. The van der Waals surface area contributed by atoms with Gasteiger partial charge in [-0.2, -0.15) is 0 Å². The molecule has 1 N–H and O–H groups in total. The van der Waals surface area contributed by atoms with Crippen molar-refractivity contribution in [3.05, 3.63) is 30.1 Å². The van der Waals surface area contributed by atoms with Gasteiger partial charge in [0, 0.05) is 18.0 Å². The van der Waals surface area contributed by atoms with E-state index in [-0.39, 0.29) is 0 Å². The predicted molar refractivity (Wildman–Crippen MR) is 90.3 cm³/mol. The van der Waals surface area contributed by atoms with Gasteiger partial charge in [0.1, 0.15) is 0 Å². The van der Waals surface area contributed by atoms with Gasteiger partial charge in [0.15, 0.2) is 0 Å². The van der Waals surface area contributed by atoms with Crippen molar-refractivity contribution in [2.45, 2.75) is 90.1 Å². The van der Waals surface area contributed by atoms with E-state index >= 15 is 0 Å². The molecule has 1 heterocycles. The first kappa shape index (κ1) is 18.2. The SMILES string of the molecule is CCCCCCCCCCCCC(C)(O)c1cccnc1. The Labute approximate surface area is 131 Å². The van der Waals surface area contributed by atoms with Crippen molar-refractivity contribution in [2.24, 2.45) is 0 Å². The van der Waals surface area contributed by atoms with Crippen LogP contribution in [-0.4, -0.2) is 10.1 Å². The Morgan fingerprint density at radius 2 is 1.52 bits per heavy atom. The highest BCUT2D eigenvalue weighted by Gasteiger charge is 2.22. The first-order valence-electron chi connectivity index (χ1n) is 8.79. The number of pyridine rings is 1. The summed E-state index contributed by atoms with van der Waals surface area (Å²) in [5.74, 6) is 0. The Hall–Kier alpha value is -0.890. The average molecular weight is 291 g/mol. The summed E-state index contributed by atoms with van der Waals surface area (Å²) in [5.41, 5.74) is 0.204. The van der Waals surface area contributed by atoms with Gasteiger partial charge in [-0.1, -0.05) is 77.2 Å².